The summed E-state index contributed by atoms with van der Waals surface area (Å²) in [5.74, 6) is 5.20. The Morgan fingerprint density at radius 1 is 1.62 bits per heavy atom. The predicted octanol–water partition coefficient (Wildman–Crippen LogP) is 0.638. The van der Waals surface area contributed by atoms with Crippen molar-refractivity contribution >= 4 is 5.91 Å². The summed E-state index contributed by atoms with van der Waals surface area (Å²) in [7, 11) is 2.11. The first kappa shape index (κ1) is 15.5. The van der Waals surface area contributed by atoms with Crippen LogP contribution < -0.4 is 5.32 Å². The van der Waals surface area contributed by atoms with Crippen LogP contribution in [0.4, 0.5) is 0 Å². The molecule has 2 heterocycles. The molecule has 0 radical (unpaired) electrons. The van der Waals surface area contributed by atoms with Gasteiger partial charge in [0.15, 0.2) is 0 Å². The van der Waals surface area contributed by atoms with Crippen LogP contribution in [-0.2, 0) is 0 Å². The monoisotopic (exact) mass is 287 g/mol. The summed E-state index contributed by atoms with van der Waals surface area (Å²) in [4.78, 5) is 18.7. The maximum atomic E-state index is 12.4. The van der Waals surface area contributed by atoms with E-state index in [0.717, 1.165) is 19.4 Å². The number of hydrogen-bond acceptors (Lipinski definition) is 4. The smallest absolute Gasteiger partial charge is 0.252 e. The van der Waals surface area contributed by atoms with E-state index >= 15 is 0 Å². The van der Waals surface area contributed by atoms with Crippen molar-refractivity contribution in [1.29, 1.82) is 0 Å². The number of aliphatic hydroxyl groups excluding tert-OH is 1. The minimum atomic E-state index is -0.234. The SMILES string of the molecule is CC1CC(NC(=O)c2ccncc2C#CCO)CCN1C. The summed E-state index contributed by atoms with van der Waals surface area (Å²) in [5.41, 5.74) is 1.06. The van der Waals surface area contributed by atoms with Crippen LogP contribution >= 0.6 is 0 Å². The van der Waals surface area contributed by atoms with E-state index in [9.17, 15) is 4.79 Å². The molecule has 21 heavy (non-hydrogen) atoms. The van der Waals surface area contributed by atoms with Crippen molar-refractivity contribution in [3.8, 4) is 11.8 Å². The number of aliphatic hydroxyl groups is 1. The highest BCUT2D eigenvalue weighted by atomic mass is 16.2. The van der Waals surface area contributed by atoms with Gasteiger partial charge in [-0.2, -0.15) is 0 Å². The molecule has 1 saturated heterocycles. The van der Waals surface area contributed by atoms with Crippen molar-refractivity contribution in [3.63, 3.8) is 0 Å². The van der Waals surface area contributed by atoms with Crippen molar-refractivity contribution in [3.05, 3.63) is 29.6 Å². The molecule has 1 fully saturated rings. The molecule has 1 aliphatic heterocycles. The zero-order chi connectivity index (χ0) is 15.2. The second-order valence-electron chi connectivity index (χ2n) is 5.41. The molecule has 5 heteroatoms. The molecule has 1 aliphatic rings. The summed E-state index contributed by atoms with van der Waals surface area (Å²) in [6, 6.07) is 2.32. The van der Waals surface area contributed by atoms with Crippen LogP contribution in [0.1, 0.15) is 35.7 Å². The van der Waals surface area contributed by atoms with E-state index in [-0.39, 0.29) is 18.6 Å². The molecule has 0 saturated carbocycles. The highest BCUT2D eigenvalue weighted by Crippen LogP contribution is 2.16. The van der Waals surface area contributed by atoms with Gasteiger partial charge in [0.2, 0.25) is 0 Å². The van der Waals surface area contributed by atoms with E-state index < -0.39 is 0 Å². The van der Waals surface area contributed by atoms with E-state index in [4.69, 9.17) is 5.11 Å². The lowest BCUT2D eigenvalue weighted by atomic mass is 9.98. The summed E-state index contributed by atoms with van der Waals surface area (Å²) in [6.45, 7) is 2.92. The fourth-order valence-electron chi connectivity index (χ4n) is 2.51. The Balaban J connectivity index is 2.07. The van der Waals surface area contributed by atoms with Gasteiger partial charge in [0.25, 0.3) is 5.91 Å². The van der Waals surface area contributed by atoms with Crippen molar-refractivity contribution in [2.75, 3.05) is 20.2 Å². The molecule has 2 unspecified atom stereocenters. The second kappa shape index (κ2) is 7.21. The van der Waals surface area contributed by atoms with Crippen LogP contribution in [0.5, 0.6) is 0 Å². The lowest BCUT2D eigenvalue weighted by Gasteiger charge is -2.35. The molecule has 0 aliphatic carbocycles. The molecule has 2 atom stereocenters. The number of piperidine rings is 1. The first-order chi connectivity index (χ1) is 10.1. The van der Waals surface area contributed by atoms with E-state index in [1.54, 1.807) is 18.5 Å². The van der Waals surface area contributed by atoms with Gasteiger partial charge < -0.3 is 15.3 Å². The zero-order valence-corrected chi connectivity index (χ0v) is 12.5. The number of aromatic nitrogens is 1. The standard InChI is InChI=1S/C16H21N3O2/c1-12-10-14(6-8-19(12)2)18-16(21)15-5-7-17-11-13(15)4-3-9-20/h5,7,11-12,14,20H,6,8-10H2,1-2H3,(H,18,21). The van der Waals surface area contributed by atoms with Gasteiger partial charge in [0.05, 0.1) is 11.1 Å². The molecule has 2 rings (SSSR count). The summed E-state index contributed by atoms with van der Waals surface area (Å²) in [5, 5.41) is 11.9. The largest absolute Gasteiger partial charge is 0.384 e. The number of carbonyl (C=O) groups excluding carboxylic acids is 1. The second-order valence-corrected chi connectivity index (χ2v) is 5.41. The number of pyridine rings is 1. The Labute approximate surface area is 125 Å². The Morgan fingerprint density at radius 3 is 3.14 bits per heavy atom. The average molecular weight is 287 g/mol. The van der Waals surface area contributed by atoms with Gasteiger partial charge in [-0.15, -0.1) is 0 Å². The normalized spacial score (nSPS) is 22.2. The van der Waals surface area contributed by atoms with Crippen molar-refractivity contribution < 1.29 is 9.90 Å². The molecule has 1 aromatic heterocycles. The van der Waals surface area contributed by atoms with Crippen molar-refractivity contribution in [1.82, 2.24) is 15.2 Å². The number of nitrogens with zero attached hydrogens (tertiary/aromatic N) is 2. The minimum Gasteiger partial charge on any atom is -0.384 e. The van der Waals surface area contributed by atoms with Crippen LogP contribution in [0.2, 0.25) is 0 Å². The summed E-state index contributed by atoms with van der Waals surface area (Å²) in [6.07, 6.45) is 5.03. The zero-order valence-electron chi connectivity index (χ0n) is 12.5. The fraction of sp³-hybridized carbons (Fsp3) is 0.500. The number of nitrogens with one attached hydrogen (secondary N) is 1. The molecule has 0 bridgehead atoms. The first-order valence-corrected chi connectivity index (χ1v) is 7.16. The van der Waals surface area contributed by atoms with Gasteiger partial charge >= 0.3 is 0 Å². The third-order valence-corrected chi connectivity index (χ3v) is 3.91. The van der Waals surface area contributed by atoms with E-state index in [1.165, 1.54) is 0 Å². The molecule has 0 spiro atoms. The van der Waals surface area contributed by atoms with Crippen molar-refractivity contribution in [2.45, 2.75) is 31.8 Å². The third-order valence-electron chi connectivity index (χ3n) is 3.91. The lowest BCUT2D eigenvalue weighted by molar-refractivity contribution is 0.0896. The number of likely N-dealkylation sites (tertiary alicyclic amines) is 1. The van der Waals surface area contributed by atoms with Crippen LogP contribution in [0.15, 0.2) is 18.5 Å². The van der Waals surface area contributed by atoms with Gasteiger partial charge in [0, 0.05) is 31.0 Å². The Morgan fingerprint density at radius 2 is 2.43 bits per heavy atom. The fourth-order valence-corrected chi connectivity index (χ4v) is 2.51. The number of amides is 1. The van der Waals surface area contributed by atoms with E-state index in [0.29, 0.717) is 17.2 Å². The molecule has 112 valence electrons. The molecule has 0 aromatic carbocycles. The maximum absolute atomic E-state index is 12.4. The molecular weight excluding hydrogens is 266 g/mol. The van der Waals surface area contributed by atoms with Gasteiger partial charge in [0.1, 0.15) is 6.61 Å². The van der Waals surface area contributed by atoms with Crippen molar-refractivity contribution in [2.24, 2.45) is 0 Å². The van der Waals surface area contributed by atoms with E-state index in [2.05, 4.69) is 41.0 Å². The predicted molar refractivity (Wildman–Crippen MR) is 80.8 cm³/mol. The number of rotatable bonds is 2. The average Bonchev–Trinajstić information content (AvgIpc) is 2.49. The molecular formula is C16H21N3O2. The highest BCUT2D eigenvalue weighted by Gasteiger charge is 2.24. The van der Waals surface area contributed by atoms with Gasteiger partial charge in [-0.1, -0.05) is 11.8 Å². The molecule has 1 aromatic rings. The quantitative estimate of drug-likeness (QED) is 0.783. The topological polar surface area (TPSA) is 65.5 Å². The number of hydrogen-bond donors (Lipinski definition) is 2. The summed E-state index contributed by atoms with van der Waals surface area (Å²) >= 11 is 0. The maximum Gasteiger partial charge on any atom is 0.252 e. The Kier molecular flexibility index (Phi) is 5.32. The van der Waals surface area contributed by atoms with Gasteiger partial charge in [-0.05, 0) is 32.9 Å². The van der Waals surface area contributed by atoms with Crippen LogP contribution in [0.25, 0.3) is 0 Å². The Hall–Kier alpha value is -1.90. The first-order valence-electron chi connectivity index (χ1n) is 7.16. The summed E-state index contributed by atoms with van der Waals surface area (Å²) < 4.78 is 0. The van der Waals surface area contributed by atoms with Crippen LogP contribution in [-0.4, -0.2) is 53.2 Å². The van der Waals surface area contributed by atoms with Crippen LogP contribution in [0.3, 0.4) is 0 Å². The Bertz CT molecular complexity index is 562. The lowest BCUT2D eigenvalue weighted by Crippen LogP contribution is -2.47. The third kappa shape index (κ3) is 4.03. The highest BCUT2D eigenvalue weighted by molar-refractivity contribution is 5.96. The molecule has 5 nitrogen and oxygen atoms in total. The van der Waals surface area contributed by atoms with Crippen LogP contribution in [0, 0.1) is 11.8 Å². The van der Waals surface area contributed by atoms with Gasteiger partial charge in [-0.25, -0.2) is 0 Å². The number of carbonyl (C=O) groups is 1. The molecule has 2 N–H and O–H groups in total. The van der Waals surface area contributed by atoms with Gasteiger partial charge in [-0.3, -0.25) is 9.78 Å². The molecule has 1 amide bonds. The van der Waals surface area contributed by atoms with E-state index in [1.807, 2.05) is 0 Å². The minimum absolute atomic E-state index is 0.124.